The van der Waals surface area contributed by atoms with Gasteiger partial charge >= 0.3 is 0 Å². The van der Waals surface area contributed by atoms with Gasteiger partial charge in [-0.3, -0.25) is 9.59 Å². The first-order valence-electron chi connectivity index (χ1n) is 11.6. The second kappa shape index (κ2) is 9.06. The molecule has 168 valence electrons. The highest BCUT2D eigenvalue weighted by Gasteiger charge is 2.31. The van der Waals surface area contributed by atoms with Crippen molar-refractivity contribution in [1.82, 2.24) is 10.3 Å². The Morgan fingerprint density at radius 3 is 2.33 bits per heavy atom. The zero-order chi connectivity index (χ0) is 22.8. The van der Waals surface area contributed by atoms with Gasteiger partial charge in [-0.15, -0.1) is 0 Å². The van der Waals surface area contributed by atoms with Gasteiger partial charge in [-0.2, -0.15) is 5.10 Å². The summed E-state index contributed by atoms with van der Waals surface area (Å²) in [6, 6.07) is 17.5. The summed E-state index contributed by atoms with van der Waals surface area (Å²) in [6.07, 6.45) is 4.46. The number of rotatable bonds is 4. The van der Waals surface area contributed by atoms with Gasteiger partial charge in [-0.05, 0) is 55.9 Å². The summed E-state index contributed by atoms with van der Waals surface area (Å²) in [6.45, 7) is 3.48. The summed E-state index contributed by atoms with van der Waals surface area (Å²) >= 11 is 0. The number of nitrogens with zero attached hydrogens (tertiary/aromatic N) is 2. The van der Waals surface area contributed by atoms with Crippen LogP contribution in [0, 0.1) is 6.92 Å². The van der Waals surface area contributed by atoms with E-state index in [1.54, 1.807) is 12.1 Å². The van der Waals surface area contributed by atoms with Crippen molar-refractivity contribution in [3.8, 4) is 11.1 Å². The van der Waals surface area contributed by atoms with Crippen LogP contribution >= 0.6 is 0 Å². The molecule has 3 aromatic rings. The Morgan fingerprint density at radius 1 is 0.909 bits per heavy atom. The number of likely N-dealkylation sites (tertiary alicyclic amines) is 1. The molecule has 6 heteroatoms. The zero-order valence-corrected chi connectivity index (χ0v) is 18.8. The number of benzene rings is 2. The molecule has 33 heavy (non-hydrogen) atoms. The average molecular weight is 442 g/mol. The maximum Gasteiger partial charge on any atom is 0.289 e. The maximum absolute atomic E-state index is 12.9. The number of aryl methyl sites for hydroxylation is 1. The van der Waals surface area contributed by atoms with E-state index in [1.807, 2.05) is 54.3 Å². The highest BCUT2D eigenvalue weighted by atomic mass is 16.4. The first kappa shape index (κ1) is 21.2. The summed E-state index contributed by atoms with van der Waals surface area (Å²) in [4.78, 5) is 27.5. The van der Waals surface area contributed by atoms with Crippen molar-refractivity contribution in [3.05, 3.63) is 82.8 Å². The lowest BCUT2D eigenvalue weighted by Gasteiger charge is -2.14. The number of furan rings is 1. The maximum atomic E-state index is 12.9. The van der Waals surface area contributed by atoms with Crippen molar-refractivity contribution in [1.29, 1.82) is 0 Å². The molecule has 2 aliphatic rings. The SMILES string of the molecule is Cc1c(C(=O)N2CCCC2)oc2c1/C(=N/NC(=O)c1ccc(-c3ccccc3)cc1)CCC2. The Hall–Kier alpha value is -3.67. The van der Waals surface area contributed by atoms with Crippen LogP contribution in [-0.4, -0.2) is 35.5 Å². The van der Waals surface area contributed by atoms with Gasteiger partial charge in [0.25, 0.3) is 11.8 Å². The molecule has 1 aromatic heterocycles. The normalized spacial score (nSPS) is 16.6. The first-order valence-corrected chi connectivity index (χ1v) is 11.6. The number of hydrogen-bond donors (Lipinski definition) is 1. The summed E-state index contributed by atoms with van der Waals surface area (Å²) < 4.78 is 6.00. The van der Waals surface area contributed by atoms with E-state index in [0.29, 0.717) is 11.3 Å². The molecular formula is C27H27N3O3. The molecule has 0 spiro atoms. The number of nitrogens with one attached hydrogen (secondary N) is 1. The number of fused-ring (bicyclic) bond motifs is 1. The monoisotopic (exact) mass is 441 g/mol. The Morgan fingerprint density at radius 2 is 1.61 bits per heavy atom. The predicted octanol–water partition coefficient (Wildman–Crippen LogP) is 4.96. The molecule has 5 rings (SSSR count). The Balaban J connectivity index is 1.33. The molecule has 1 saturated heterocycles. The zero-order valence-electron chi connectivity index (χ0n) is 18.8. The number of hydrazone groups is 1. The van der Waals surface area contributed by atoms with E-state index in [2.05, 4.69) is 10.5 Å². The third kappa shape index (κ3) is 4.21. The van der Waals surface area contributed by atoms with Gasteiger partial charge in [-0.1, -0.05) is 42.5 Å². The predicted molar refractivity (Wildman–Crippen MR) is 127 cm³/mol. The molecule has 2 amide bonds. The molecule has 1 N–H and O–H groups in total. The lowest BCUT2D eigenvalue weighted by molar-refractivity contribution is 0.0758. The minimum absolute atomic E-state index is 0.0405. The third-order valence-electron chi connectivity index (χ3n) is 6.46. The molecule has 0 saturated carbocycles. The summed E-state index contributed by atoms with van der Waals surface area (Å²) in [5.41, 5.74) is 7.88. The van der Waals surface area contributed by atoms with Crippen LogP contribution in [-0.2, 0) is 6.42 Å². The highest BCUT2D eigenvalue weighted by molar-refractivity contribution is 6.07. The number of amides is 2. The molecule has 1 fully saturated rings. The van der Waals surface area contributed by atoms with Crippen molar-refractivity contribution >= 4 is 17.5 Å². The molecule has 0 radical (unpaired) electrons. The molecule has 6 nitrogen and oxygen atoms in total. The van der Waals surface area contributed by atoms with Gasteiger partial charge in [0, 0.05) is 36.2 Å². The number of carbonyl (C=O) groups is 2. The largest absolute Gasteiger partial charge is 0.455 e. The topological polar surface area (TPSA) is 74.9 Å². The van der Waals surface area contributed by atoms with Crippen molar-refractivity contribution in [3.63, 3.8) is 0 Å². The van der Waals surface area contributed by atoms with Crippen LogP contribution < -0.4 is 5.43 Å². The standard InChI is InChI=1S/C27H27N3O3/c1-18-24-22(10-7-11-23(24)33-25(18)27(32)30-16-5-6-17-30)28-29-26(31)21-14-12-20(13-15-21)19-8-3-2-4-9-19/h2-4,8-9,12-15H,5-7,10-11,16-17H2,1H3,(H,29,31)/b28-22+. The van der Waals surface area contributed by atoms with E-state index in [4.69, 9.17) is 4.42 Å². The van der Waals surface area contributed by atoms with E-state index >= 15 is 0 Å². The van der Waals surface area contributed by atoms with Gasteiger partial charge in [0.05, 0.1) is 5.71 Å². The lowest BCUT2D eigenvalue weighted by Crippen LogP contribution is -2.27. The molecule has 2 aromatic carbocycles. The van der Waals surface area contributed by atoms with Crippen LogP contribution in [0.15, 0.2) is 64.1 Å². The van der Waals surface area contributed by atoms with Crippen molar-refractivity contribution < 1.29 is 14.0 Å². The molecule has 0 unspecified atom stereocenters. The fourth-order valence-corrected chi connectivity index (χ4v) is 4.68. The summed E-state index contributed by atoms with van der Waals surface area (Å²) in [7, 11) is 0. The molecule has 1 aliphatic carbocycles. The smallest absolute Gasteiger partial charge is 0.289 e. The van der Waals surface area contributed by atoms with E-state index < -0.39 is 0 Å². The summed E-state index contributed by atoms with van der Waals surface area (Å²) in [5, 5.41) is 4.44. The minimum Gasteiger partial charge on any atom is -0.455 e. The first-order chi connectivity index (χ1) is 16.1. The van der Waals surface area contributed by atoms with Gasteiger partial charge in [0.2, 0.25) is 0 Å². The Bertz CT molecular complexity index is 1200. The lowest BCUT2D eigenvalue weighted by atomic mass is 9.93. The van der Waals surface area contributed by atoms with E-state index in [-0.39, 0.29) is 11.8 Å². The number of carbonyl (C=O) groups excluding carboxylic acids is 2. The van der Waals surface area contributed by atoms with Gasteiger partial charge in [0.1, 0.15) is 5.76 Å². The molecular weight excluding hydrogens is 414 g/mol. The summed E-state index contributed by atoms with van der Waals surface area (Å²) in [5.74, 6) is 0.908. The minimum atomic E-state index is -0.260. The van der Waals surface area contributed by atoms with Crippen molar-refractivity contribution in [2.45, 2.75) is 39.0 Å². The Labute approximate surface area is 193 Å². The fourth-order valence-electron chi connectivity index (χ4n) is 4.68. The fraction of sp³-hybridized carbons (Fsp3) is 0.296. The van der Waals surface area contributed by atoms with Crippen molar-refractivity contribution in [2.24, 2.45) is 5.10 Å². The molecule has 0 atom stereocenters. The van der Waals surface area contributed by atoms with Crippen molar-refractivity contribution in [2.75, 3.05) is 13.1 Å². The van der Waals surface area contributed by atoms with Gasteiger partial charge in [-0.25, -0.2) is 5.43 Å². The van der Waals surface area contributed by atoms with Crippen LogP contribution in [0.25, 0.3) is 11.1 Å². The number of hydrogen-bond acceptors (Lipinski definition) is 4. The molecule has 1 aliphatic heterocycles. The second-order valence-corrected chi connectivity index (χ2v) is 8.65. The third-order valence-corrected chi connectivity index (χ3v) is 6.46. The van der Waals surface area contributed by atoms with E-state index in [0.717, 1.165) is 78.9 Å². The van der Waals surface area contributed by atoms with Crippen LogP contribution in [0.1, 0.15) is 63.5 Å². The van der Waals surface area contributed by atoms with Crippen LogP contribution in [0.2, 0.25) is 0 Å². The quantitative estimate of drug-likeness (QED) is 0.582. The van der Waals surface area contributed by atoms with E-state index in [1.165, 1.54) is 0 Å². The van der Waals surface area contributed by atoms with E-state index in [9.17, 15) is 9.59 Å². The highest BCUT2D eigenvalue weighted by Crippen LogP contribution is 2.31. The van der Waals surface area contributed by atoms with Crippen LogP contribution in [0.4, 0.5) is 0 Å². The molecule has 0 bridgehead atoms. The van der Waals surface area contributed by atoms with Crippen LogP contribution in [0.5, 0.6) is 0 Å². The van der Waals surface area contributed by atoms with Gasteiger partial charge < -0.3 is 9.32 Å². The molecule has 2 heterocycles. The Kier molecular flexibility index (Phi) is 5.82. The van der Waals surface area contributed by atoms with Gasteiger partial charge in [0.15, 0.2) is 5.76 Å². The average Bonchev–Trinajstić information content (AvgIpc) is 3.52. The van der Waals surface area contributed by atoms with Crippen LogP contribution in [0.3, 0.4) is 0 Å². The second-order valence-electron chi connectivity index (χ2n) is 8.65.